The van der Waals surface area contributed by atoms with Crippen molar-refractivity contribution >= 4 is 46.6 Å². The molecule has 1 aromatic heterocycles. The zero-order valence-corrected chi connectivity index (χ0v) is 18.8. The van der Waals surface area contributed by atoms with Crippen LogP contribution in [0.4, 0.5) is 10.1 Å². The van der Waals surface area contributed by atoms with E-state index in [9.17, 15) is 9.18 Å². The highest BCUT2D eigenvalue weighted by Gasteiger charge is 2.13. The van der Waals surface area contributed by atoms with Crippen molar-refractivity contribution in [2.75, 3.05) is 11.1 Å². The number of benzene rings is 2. The number of thioether (sulfide) groups is 1. The quantitative estimate of drug-likeness (QED) is 0.483. The summed E-state index contributed by atoms with van der Waals surface area (Å²) in [5, 5.41) is 12.1. The number of halogens is 3. The first-order valence-corrected chi connectivity index (χ1v) is 10.6. The van der Waals surface area contributed by atoms with E-state index in [0.29, 0.717) is 22.4 Å². The molecule has 1 amide bonds. The Bertz CT molecular complexity index is 1070. The van der Waals surface area contributed by atoms with Gasteiger partial charge in [-0.25, -0.2) is 4.39 Å². The number of aryl methyl sites for hydroxylation is 2. The number of hydrogen-bond donors (Lipinski definition) is 1. The third kappa shape index (κ3) is 5.44. The van der Waals surface area contributed by atoms with Crippen molar-refractivity contribution in [3.05, 3.63) is 63.1 Å². The summed E-state index contributed by atoms with van der Waals surface area (Å²) in [4.78, 5) is 12.1. The molecule has 0 aliphatic rings. The molecule has 0 aliphatic carbocycles. The SMILES string of the molecule is Cc1cc(OCc2nnc(SCC(=O)Nc3ccc(F)c(Cl)c3)n2C)cc(C)c1Cl. The Balaban J connectivity index is 1.56. The largest absolute Gasteiger partial charge is 0.486 e. The molecule has 0 saturated carbocycles. The minimum atomic E-state index is -0.540. The van der Waals surface area contributed by atoms with Crippen LogP contribution in [0.3, 0.4) is 0 Å². The van der Waals surface area contributed by atoms with Gasteiger partial charge >= 0.3 is 0 Å². The van der Waals surface area contributed by atoms with E-state index < -0.39 is 5.82 Å². The van der Waals surface area contributed by atoms with Crippen molar-refractivity contribution in [1.29, 1.82) is 0 Å². The molecule has 10 heteroatoms. The van der Waals surface area contributed by atoms with Gasteiger partial charge in [0.05, 0.1) is 10.8 Å². The molecule has 0 aliphatic heterocycles. The Morgan fingerprint density at radius 3 is 2.57 bits per heavy atom. The van der Waals surface area contributed by atoms with Gasteiger partial charge in [-0.15, -0.1) is 10.2 Å². The summed E-state index contributed by atoms with van der Waals surface area (Å²) in [6, 6.07) is 7.74. The van der Waals surface area contributed by atoms with Gasteiger partial charge in [-0.1, -0.05) is 35.0 Å². The number of amides is 1. The van der Waals surface area contributed by atoms with E-state index in [4.69, 9.17) is 27.9 Å². The van der Waals surface area contributed by atoms with E-state index in [1.807, 2.05) is 26.0 Å². The monoisotopic (exact) mass is 468 g/mol. The highest BCUT2D eigenvalue weighted by molar-refractivity contribution is 7.99. The molecule has 0 bridgehead atoms. The molecule has 0 unspecified atom stereocenters. The molecule has 0 fully saturated rings. The summed E-state index contributed by atoms with van der Waals surface area (Å²) in [5.41, 5.74) is 2.30. The van der Waals surface area contributed by atoms with Gasteiger partial charge in [-0.05, 0) is 55.3 Å². The summed E-state index contributed by atoms with van der Waals surface area (Å²) in [6.45, 7) is 4.07. The molecule has 30 heavy (non-hydrogen) atoms. The highest BCUT2D eigenvalue weighted by atomic mass is 35.5. The molecule has 3 rings (SSSR count). The Kier molecular flexibility index (Phi) is 7.23. The van der Waals surface area contributed by atoms with Crippen LogP contribution >= 0.6 is 35.0 Å². The maximum absolute atomic E-state index is 13.2. The van der Waals surface area contributed by atoms with Gasteiger partial charge in [-0.3, -0.25) is 4.79 Å². The summed E-state index contributed by atoms with van der Waals surface area (Å²) >= 11 is 13.1. The third-order valence-corrected chi connectivity index (χ3v) is 6.14. The first-order chi connectivity index (χ1) is 14.2. The van der Waals surface area contributed by atoms with Crippen LogP contribution in [0.5, 0.6) is 5.75 Å². The second-order valence-electron chi connectivity index (χ2n) is 6.58. The van der Waals surface area contributed by atoms with Gasteiger partial charge in [0.15, 0.2) is 11.0 Å². The summed E-state index contributed by atoms with van der Waals surface area (Å²) in [5.74, 6) is 0.618. The van der Waals surface area contributed by atoms with Crippen molar-refractivity contribution < 1.29 is 13.9 Å². The number of nitrogens with one attached hydrogen (secondary N) is 1. The average Bonchev–Trinajstić information content (AvgIpc) is 3.05. The van der Waals surface area contributed by atoms with Crippen molar-refractivity contribution in [3.8, 4) is 5.75 Å². The third-order valence-electron chi connectivity index (χ3n) is 4.24. The van der Waals surface area contributed by atoms with Crippen molar-refractivity contribution in [2.45, 2.75) is 25.6 Å². The second kappa shape index (κ2) is 9.68. The van der Waals surface area contributed by atoms with Crippen LogP contribution < -0.4 is 10.1 Å². The average molecular weight is 469 g/mol. The van der Waals surface area contributed by atoms with E-state index in [2.05, 4.69) is 15.5 Å². The fourth-order valence-electron chi connectivity index (χ4n) is 2.63. The van der Waals surface area contributed by atoms with Crippen LogP contribution in [0.1, 0.15) is 17.0 Å². The molecular weight excluding hydrogens is 450 g/mol. The molecule has 0 saturated heterocycles. The maximum atomic E-state index is 13.2. The van der Waals surface area contributed by atoms with Crippen LogP contribution in [0.2, 0.25) is 10.0 Å². The van der Waals surface area contributed by atoms with Crippen LogP contribution in [0, 0.1) is 19.7 Å². The minimum Gasteiger partial charge on any atom is -0.486 e. The number of aromatic nitrogens is 3. The normalized spacial score (nSPS) is 10.9. The van der Waals surface area contributed by atoms with Crippen LogP contribution in [0.15, 0.2) is 35.5 Å². The van der Waals surface area contributed by atoms with Gasteiger partial charge in [0.2, 0.25) is 5.91 Å². The number of carbonyl (C=O) groups excluding carboxylic acids is 1. The molecule has 1 N–H and O–H groups in total. The van der Waals surface area contributed by atoms with E-state index >= 15 is 0 Å². The highest BCUT2D eigenvalue weighted by Crippen LogP contribution is 2.26. The number of nitrogens with zero attached hydrogens (tertiary/aromatic N) is 3. The topological polar surface area (TPSA) is 69.0 Å². The standard InChI is InChI=1S/C20H19Cl2FN4O2S/c1-11-6-14(7-12(2)19(11)22)29-9-17-25-26-20(27(17)3)30-10-18(28)24-13-4-5-16(23)15(21)8-13/h4-8H,9-10H2,1-3H3,(H,24,28). The fourth-order valence-corrected chi connectivity index (χ4v) is 3.65. The first kappa shape index (κ1) is 22.4. The summed E-state index contributed by atoms with van der Waals surface area (Å²) in [6.07, 6.45) is 0. The first-order valence-electron chi connectivity index (χ1n) is 8.90. The van der Waals surface area contributed by atoms with Gasteiger partial charge in [0, 0.05) is 17.8 Å². The van der Waals surface area contributed by atoms with Gasteiger partial charge in [0.1, 0.15) is 18.2 Å². The lowest BCUT2D eigenvalue weighted by Crippen LogP contribution is -2.14. The lowest BCUT2D eigenvalue weighted by molar-refractivity contribution is -0.113. The maximum Gasteiger partial charge on any atom is 0.234 e. The molecule has 0 spiro atoms. The van der Waals surface area contributed by atoms with E-state index in [-0.39, 0.29) is 23.3 Å². The van der Waals surface area contributed by atoms with Gasteiger partial charge < -0.3 is 14.6 Å². The Labute approximate surface area is 187 Å². The molecule has 2 aromatic carbocycles. The Morgan fingerprint density at radius 1 is 1.20 bits per heavy atom. The van der Waals surface area contributed by atoms with Gasteiger partial charge in [-0.2, -0.15) is 0 Å². The number of carbonyl (C=O) groups is 1. The lowest BCUT2D eigenvalue weighted by atomic mass is 10.1. The number of anilines is 1. The number of hydrogen-bond acceptors (Lipinski definition) is 5. The number of rotatable bonds is 7. The van der Waals surface area contributed by atoms with Crippen molar-refractivity contribution in [2.24, 2.45) is 7.05 Å². The lowest BCUT2D eigenvalue weighted by Gasteiger charge is -2.10. The zero-order valence-electron chi connectivity index (χ0n) is 16.5. The molecule has 0 atom stereocenters. The Morgan fingerprint density at radius 2 is 1.90 bits per heavy atom. The molecular formula is C20H19Cl2FN4O2S. The molecule has 3 aromatic rings. The minimum absolute atomic E-state index is 0.0514. The fraction of sp³-hybridized carbons (Fsp3) is 0.250. The van der Waals surface area contributed by atoms with Crippen molar-refractivity contribution in [3.63, 3.8) is 0 Å². The van der Waals surface area contributed by atoms with E-state index in [1.54, 1.807) is 11.6 Å². The smallest absolute Gasteiger partial charge is 0.234 e. The second-order valence-corrected chi connectivity index (χ2v) is 8.31. The van der Waals surface area contributed by atoms with Crippen LogP contribution in [0.25, 0.3) is 0 Å². The molecule has 0 radical (unpaired) electrons. The predicted octanol–water partition coefficient (Wildman–Crippen LogP) is 5.19. The molecule has 6 nitrogen and oxygen atoms in total. The van der Waals surface area contributed by atoms with Crippen LogP contribution in [-0.4, -0.2) is 26.4 Å². The summed E-state index contributed by atoms with van der Waals surface area (Å²) < 4.78 is 20.8. The van der Waals surface area contributed by atoms with Gasteiger partial charge in [0.25, 0.3) is 0 Å². The zero-order chi connectivity index (χ0) is 21.8. The van der Waals surface area contributed by atoms with E-state index in [0.717, 1.165) is 16.1 Å². The van der Waals surface area contributed by atoms with Crippen LogP contribution in [-0.2, 0) is 18.4 Å². The molecule has 158 valence electrons. The van der Waals surface area contributed by atoms with E-state index in [1.165, 1.54) is 30.0 Å². The molecule has 1 heterocycles. The summed E-state index contributed by atoms with van der Waals surface area (Å²) in [7, 11) is 1.80. The Hall–Kier alpha value is -2.29. The van der Waals surface area contributed by atoms with Crippen molar-refractivity contribution in [1.82, 2.24) is 14.8 Å². The predicted molar refractivity (Wildman–Crippen MR) is 117 cm³/mol. The number of ether oxygens (including phenoxy) is 1.